The molecule has 1 saturated heterocycles. The second-order valence-corrected chi connectivity index (χ2v) is 6.34. The van der Waals surface area contributed by atoms with Crippen molar-refractivity contribution in [2.45, 2.75) is 38.8 Å². The molecule has 0 bridgehead atoms. The number of rotatable bonds is 6. The first-order valence-corrected chi connectivity index (χ1v) is 8.42. The smallest absolute Gasteiger partial charge is 0.191 e. The van der Waals surface area contributed by atoms with Gasteiger partial charge in [-0.15, -0.1) is 24.0 Å². The molecule has 0 saturated carbocycles. The highest BCUT2D eigenvalue weighted by atomic mass is 127. The van der Waals surface area contributed by atoms with Crippen LogP contribution in [0.25, 0.3) is 0 Å². The summed E-state index contributed by atoms with van der Waals surface area (Å²) in [5, 5.41) is 7.29. The normalized spacial score (nSPS) is 20.4. The quantitative estimate of drug-likeness (QED) is 0.381. The minimum absolute atomic E-state index is 0. The zero-order valence-electron chi connectivity index (χ0n) is 14.5. The summed E-state index contributed by atoms with van der Waals surface area (Å²) in [6, 6.07) is 5.60. The maximum Gasteiger partial charge on any atom is 0.191 e. The van der Waals surface area contributed by atoms with Crippen molar-refractivity contribution in [3.05, 3.63) is 28.8 Å². The van der Waals surface area contributed by atoms with Crippen molar-refractivity contribution < 1.29 is 9.47 Å². The lowest BCUT2D eigenvalue weighted by Gasteiger charge is -2.24. The van der Waals surface area contributed by atoms with Gasteiger partial charge >= 0.3 is 0 Å². The number of nitrogens with one attached hydrogen (secondary N) is 2. The van der Waals surface area contributed by atoms with E-state index in [1.165, 1.54) is 0 Å². The predicted molar refractivity (Wildman–Crippen MR) is 110 cm³/mol. The highest BCUT2D eigenvalue weighted by molar-refractivity contribution is 14.0. The van der Waals surface area contributed by atoms with Crippen LogP contribution in [0, 0.1) is 0 Å². The van der Waals surface area contributed by atoms with Crippen molar-refractivity contribution in [2.75, 3.05) is 26.8 Å². The van der Waals surface area contributed by atoms with Crippen molar-refractivity contribution in [1.82, 2.24) is 10.6 Å². The molecule has 0 aromatic heterocycles. The number of hydrogen-bond acceptors (Lipinski definition) is 3. The lowest BCUT2D eigenvalue weighted by molar-refractivity contribution is 0.0243. The summed E-state index contributed by atoms with van der Waals surface area (Å²) < 4.78 is 11.2. The number of aliphatic imine (C=N–C) groups is 1. The molecule has 1 fully saturated rings. The van der Waals surface area contributed by atoms with E-state index in [0.717, 1.165) is 49.8 Å². The number of benzene rings is 1. The molecule has 2 N–H and O–H groups in total. The molecule has 7 heteroatoms. The average molecular weight is 468 g/mol. The van der Waals surface area contributed by atoms with E-state index < -0.39 is 0 Å². The van der Waals surface area contributed by atoms with Gasteiger partial charge < -0.3 is 20.1 Å². The minimum atomic E-state index is -0.103. The Kier molecular flexibility index (Phi) is 9.15. The van der Waals surface area contributed by atoms with Crippen LogP contribution in [0.1, 0.15) is 32.3 Å². The molecule has 5 nitrogen and oxygen atoms in total. The molecule has 0 amide bonds. The third-order valence-electron chi connectivity index (χ3n) is 3.93. The third kappa shape index (κ3) is 6.29. The predicted octanol–water partition coefficient (Wildman–Crippen LogP) is 3.59. The summed E-state index contributed by atoms with van der Waals surface area (Å²) in [6.45, 7) is 7.10. The van der Waals surface area contributed by atoms with Crippen LogP contribution in [-0.2, 0) is 11.3 Å². The highest BCUT2D eigenvalue weighted by Gasteiger charge is 2.29. The fourth-order valence-corrected chi connectivity index (χ4v) is 2.76. The van der Waals surface area contributed by atoms with Crippen LogP contribution >= 0.6 is 35.6 Å². The van der Waals surface area contributed by atoms with E-state index in [-0.39, 0.29) is 29.6 Å². The van der Waals surface area contributed by atoms with Gasteiger partial charge in [-0.05, 0) is 38.8 Å². The number of ether oxygens (including phenoxy) is 2. The molecule has 1 aliphatic rings. The van der Waals surface area contributed by atoms with E-state index in [1.807, 2.05) is 19.1 Å². The Morgan fingerprint density at radius 2 is 2.21 bits per heavy atom. The summed E-state index contributed by atoms with van der Waals surface area (Å²) >= 11 is 5.99. The standard InChI is InChI=1S/C17H26ClN3O2.HI/c1-4-19-16(21-12-17(2)8-5-9-23-17)20-11-13-6-7-14(18)10-15(13)22-3;/h6-7,10H,4-5,8-9,11-12H2,1-3H3,(H2,19,20,21);1H. The summed E-state index contributed by atoms with van der Waals surface area (Å²) in [5.41, 5.74) is 0.895. The van der Waals surface area contributed by atoms with E-state index >= 15 is 0 Å². The van der Waals surface area contributed by atoms with Crippen LogP contribution in [0.15, 0.2) is 23.2 Å². The molecule has 0 aliphatic carbocycles. The van der Waals surface area contributed by atoms with Gasteiger partial charge in [0.05, 0.1) is 19.3 Å². The first-order chi connectivity index (χ1) is 11.1. The van der Waals surface area contributed by atoms with Crippen molar-refractivity contribution in [3.8, 4) is 5.75 Å². The van der Waals surface area contributed by atoms with Crippen LogP contribution in [-0.4, -0.2) is 38.4 Å². The van der Waals surface area contributed by atoms with E-state index in [9.17, 15) is 0 Å². The third-order valence-corrected chi connectivity index (χ3v) is 4.17. The van der Waals surface area contributed by atoms with Crippen molar-refractivity contribution in [1.29, 1.82) is 0 Å². The molecule has 0 radical (unpaired) electrons. The fraction of sp³-hybridized carbons (Fsp3) is 0.588. The van der Waals surface area contributed by atoms with Gasteiger partial charge in [0.15, 0.2) is 5.96 Å². The molecular weight excluding hydrogens is 441 g/mol. The molecule has 1 atom stereocenters. The summed E-state index contributed by atoms with van der Waals surface area (Å²) in [5.74, 6) is 1.53. The molecule has 1 unspecified atom stereocenters. The second-order valence-electron chi connectivity index (χ2n) is 5.91. The minimum Gasteiger partial charge on any atom is -0.496 e. The molecule has 0 spiro atoms. The molecule has 1 heterocycles. The van der Waals surface area contributed by atoms with Crippen LogP contribution in [0.3, 0.4) is 0 Å². The van der Waals surface area contributed by atoms with Gasteiger partial charge in [-0.1, -0.05) is 17.7 Å². The van der Waals surface area contributed by atoms with Crippen LogP contribution < -0.4 is 15.4 Å². The average Bonchev–Trinajstić information content (AvgIpc) is 2.98. The Morgan fingerprint density at radius 3 is 2.83 bits per heavy atom. The molecule has 1 aliphatic heterocycles. The van der Waals surface area contributed by atoms with Gasteiger partial charge in [0.2, 0.25) is 0 Å². The van der Waals surface area contributed by atoms with Crippen molar-refractivity contribution in [3.63, 3.8) is 0 Å². The molecular formula is C17H27ClIN3O2. The summed E-state index contributed by atoms with van der Waals surface area (Å²) in [7, 11) is 1.64. The van der Waals surface area contributed by atoms with Crippen LogP contribution in [0.2, 0.25) is 5.02 Å². The summed E-state index contributed by atoms with van der Waals surface area (Å²) in [4.78, 5) is 4.63. The number of methoxy groups -OCH3 is 1. The maximum atomic E-state index is 5.99. The van der Waals surface area contributed by atoms with Crippen LogP contribution in [0.5, 0.6) is 5.75 Å². The van der Waals surface area contributed by atoms with Gasteiger partial charge in [0.25, 0.3) is 0 Å². The van der Waals surface area contributed by atoms with Gasteiger partial charge in [-0.25, -0.2) is 4.99 Å². The molecule has 1 aromatic carbocycles. The first-order valence-electron chi connectivity index (χ1n) is 8.05. The zero-order chi connectivity index (χ0) is 16.7. The van der Waals surface area contributed by atoms with Gasteiger partial charge in [-0.2, -0.15) is 0 Å². The molecule has 24 heavy (non-hydrogen) atoms. The number of hydrogen-bond donors (Lipinski definition) is 2. The number of halogens is 2. The second kappa shape index (κ2) is 10.3. The van der Waals surface area contributed by atoms with Crippen LogP contribution in [0.4, 0.5) is 0 Å². The Hall–Kier alpha value is -0.730. The van der Waals surface area contributed by atoms with Crippen molar-refractivity contribution >= 4 is 41.5 Å². The largest absolute Gasteiger partial charge is 0.496 e. The Bertz CT molecular complexity index is 549. The zero-order valence-corrected chi connectivity index (χ0v) is 17.6. The lowest BCUT2D eigenvalue weighted by Crippen LogP contribution is -2.45. The lowest BCUT2D eigenvalue weighted by atomic mass is 10.0. The monoisotopic (exact) mass is 467 g/mol. The van der Waals surface area contributed by atoms with Gasteiger partial charge in [-0.3, -0.25) is 0 Å². The van der Waals surface area contributed by atoms with E-state index in [1.54, 1.807) is 13.2 Å². The van der Waals surface area contributed by atoms with Crippen molar-refractivity contribution in [2.24, 2.45) is 4.99 Å². The SMILES string of the molecule is CCNC(=NCc1ccc(Cl)cc1OC)NCC1(C)CCCO1.I. The van der Waals surface area contributed by atoms with Gasteiger partial charge in [0, 0.05) is 30.3 Å². The molecule has 1 aromatic rings. The topological polar surface area (TPSA) is 54.9 Å². The number of nitrogens with zero attached hydrogens (tertiary/aromatic N) is 1. The van der Waals surface area contributed by atoms with Gasteiger partial charge in [0.1, 0.15) is 5.75 Å². The van der Waals surface area contributed by atoms with E-state index in [2.05, 4.69) is 22.5 Å². The summed E-state index contributed by atoms with van der Waals surface area (Å²) in [6.07, 6.45) is 2.19. The van der Waals surface area contributed by atoms with E-state index in [4.69, 9.17) is 21.1 Å². The fourth-order valence-electron chi connectivity index (χ4n) is 2.60. The first kappa shape index (κ1) is 21.3. The highest BCUT2D eigenvalue weighted by Crippen LogP contribution is 2.24. The Balaban J connectivity index is 0.00000288. The maximum absolute atomic E-state index is 5.99. The Morgan fingerprint density at radius 1 is 1.42 bits per heavy atom. The number of guanidine groups is 1. The molecule has 136 valence electrons. The van der Waals surface area contributed by atoms with E-state index in [0.29, 0.717) is 11.6 Å². The molecule has 2 rings (SSSR count). The Labute approximate surface area is 166 Å².